The van der Waals surface area contributed by atoms with Gasteiger partial charge in [0.25, 0.3) is 0 Å². The fourth-order valence-electron chi connectivity index (χ4n) is 1.07. The SMILES string of the molecule is C#CCOc1ccc2no[n+]([O-])c2c1. The van der Waals surface area contributed by atoms with Crippen LogP contribution in [0.4, 0.5) is 0 Å². The highest BCUT2D eigenvalue weighted by Crippen LogP contribution is 2.16. The van der Waals surface area contributed by atoms with Crippen molar-refractivity contribution in [2.45, 2.75) is 0 Å². The first-order chi connectivity index (χ1) is 6.81. The minimum atomic E-state index is 0.162. The number of nitrogens with zero attached hydrogens (tertiary/aromatic N) is 2. The second-order valence-corrected chi connectivity index (χ2v) is 2.57. The van der Waals surface area contributed by atoms with Crippen LogP contribution < -0.4 is 9.64 Å². The number of aromatic nitrogens is 2. The Hall–Kier alpha value is -2.22. The van der Waals surface area contributed by atoms with Crippen molar-refractivity contribution >= 4 is 11.0 Å². The van der Waals surface area contributed by atoms with Gasteiger partial charge in [-0.3, -0.25) is 4.63 Å². The van der Waals surface area contributed by atoms with E-state index in [4.69, 9.17) is 11.2 Å². The van der Waals surface area contributed by atoms with E-state index in [1.807, 2.05) is 0 Å². The van der Waals surface area contributed by atoms with E-state index in [2.05, 4.69) is 15.7 Å². The molecule has 5 heteroatoms. The van der Waals surface area contributed by atoms with Gasteiger partial charge in [-0.2, -0.15) is 0 Å². The van der Waals surface area contributed by atoms with E-state index in [-0.39, 0.29) is 6.61 Å². The van der Waals surface area contributed by atoms with Gasteiger partial charge in [0.1, 0.15) is 12.4 Å². The highest BCUT2D eigenvalue weighted by Gasteiger charge is 2.09. The summed E-state index contributed by atoms with van der Waals surface area (Å²) in [4.78, 5) is 0.318. The summed E-state index contributed by atoms with van der Waals surface area (Å²) in [5.74, 6) is 2.84. The lowest BCUT2D eigenvalue weighted by Crippen LogP contribution is -2.22. The summed E-state index contributed by atoms with van der Waals surface area (Å²) in [5.41, 5.74) is 0.799. The molecule has 0 aliphatic rings. The van der Waals surface area contributed by atoms with Crippen molar-refractivity contribution in [3.63, 3.8) is 0 Å². The molecule has 2 rings (SSSR count). The lowest BCUT2D eigenvalue weighted by Gasteiger charge is -1.99. The molecule has 0 amide bonds. The van der Waals surface area contributed by atoms with E-state index in [9.17, 15) is 5.21 Å². The van der Waals surface area contributed by atoms with Crippen LogP contribution in [0.5, 0.6) is 5.75 Å². The monoisotopic (exact) mass is 190 g/mol. The Bertz CT molecular complexity index is 498. The van der Waals surface area contributed by atoms with E-state index in [0.29, 0.717) is 21.7 Å². The van der Waals surface area contributed by atoms with Crippen LogP contribution in [0.25, 0.3) is 11.0 Å². The van der Waals surface area contributed by atoms with E-state index in [1.54, 1.807) is 12.1 Å². The molecule has 0 radical (unpaired) electrons. The van der Waals surface area contributed by atoms with Crippen LogP contribution in [0.3, 0.4) is 0 Å². The summed E-state index contributed by atoms with van der Waals surface area (Å²) in [5, 5.41) is 14.5. The number of rotatable bonds is 2. The summed E-state index contributed by atoms with van der Waals surface area (Å²) in [6.07, 6.45) is 5.03. The van der Waals surface area contributed by atoms with Gasteiger partial charge in [-0.05, 0) is 17.0 Å². The maximum atomic E-state index is 11.0. The van der Waals surface area contributed by atoms with E-state index >= 15 is 0 Å². The Morgan fingerprint density at radius 2 is 2.50 bits per heavy atom. The Morgan fingerprint density at radius 3 is 3.29 bits per heavy atom. The van der Waals surface area contributed by atoms with E-state index < -0.39 is 0 Å². The number of ether oxygens (including phenoxy) is 1. The van der Waals surface area contributed by atoms with Gasteiger partial charge in [-0.1, -0.05) is 5.92 Å². The van der Waals surface area contributed by atoms with Crippen LogP contribution in [0.15, 0.2) is 22.8 Å². The molecule has 1 aromatic heterocycles. The molecule has 0 N–H and O–H groups in total. The zero-order valence-corrected chi connectivity index (χ0v) is 7.14. The summed E-state index contributed by atoms with van der Waals surface area (Å²) in [7, 11) is 0. The van der Waals surface area contributed by atoms with Crippen molar-refractivity contribution in [1.29, 1.82) is 0 Å². The highest BCUT2D eigenvalue weighted by molar-refractivity contribution is 5.71. The third-order valence-corrected chi connectivity index (χ3v) is 1.68. The number of terminal acetylenes is 1. The molecule has 14 heavy (non-hydrogen) atoms. The molecule has 0 saturated heterocycles. The van der Waals surface area contributed by atoms with Gasteiger partial charge < -0.3 is 9.94 Å². The first-order valence-electron chi connectivity index (χ1n) is 3.87. The highest BCUT2D eigenvalue weighted by atomic mass is 16.8. The first kappa shape index (κ1) is 8.38. The van der Waals surface area contributed by atoms with Crippen molar-refractivity contribution in [2.24, 2.45) is 0 Å². The molecule has 70 valence electrons. The predicted octanol–water partition coefficient (Wildman–Crippen LogP) is 0.473. The van der Waals surface area contributed by atoms with Gasteiger partial charge in [0.15, 0.2) is 0 Å². The van der Waals surface area contributed by atoms with Gasteiger partial charge in [0, 0.05) is 11.2 Å². The van der Waals surface area contributed by atoms with Gasteiger partial charge >= 0.3 is 0 Å². The Kier molecular flexibility index (Phi) is 1.95. The van der Waals surface area contributed by atoms with Crippen molar-refractivity contribution < 1.29 is 14.3 Å². The third-order valence-electron chi connectivity index (χ3n) is 1.68. The van der Waals surface area contributed by atoms with E-state index in [1.165, 1.54) is 6.07 Å². The largest absolute Gasteiger partial charge is 0.481 e. The molecule has 0 unspecified atom stereocenters. The molecule has 0 spiro atoms. The normalized spacial score (nSPS) is 9.93. The predicted molar refractivity (Wildman–Crippen MR) is 47.3 cm³/mol. The van der Waals surface area contributed by atoms with Crippen LogP contribution in [0.2, 0.25) is 0 Å². The molecule has 0 atom stereocenters. The Balaban J connectivity index is 2.40. The van der Waals surface area contributed by atoms with Crippen molar-refractivity contribution in [1.82, 2.24) is 5.16 Å². The van der Waals surface area contributed by atoms with E-state index in [0.717, 1.165) is 0 Å². The average Bonchev–Trinajstić information content (AvgIpc) is 2.57. The molecule has 0 fully saturated rings. The molecule has 0 aliphatic carbocycles. The molecule has 1 aromatic carbocycles. The maximum Gasteiger partial charge on any atom is 0.248 e. The van der Waals surface area contributed by atoms with Crippen molar-refractivity contribution in [3.8, 4) is 18.1 Å². The first-order valence-corrected chi connectivity index (χ1v) is 3.87. The fourth-order valence-corrected chi connectivity index (χ4v) is 1.07. The molecular weight excluding hydrogens is 184 g/mol. The lowest BCUT2D eigenvalue weighted by molar-refractivity contribution is -0.782. The van der Waals surface area contributed by atoms with Crippen molar-refractivity contribution in [3.05, 3.63) is 23.4 Å². The number of hydrogen-bond donors (Lipinski definition) is 0. The topological polar surface area (TPSA) is 62.2 Å². The van der Waals surface area contributed by atoms with Crippen LogP contribution in [-0.2, 0) is 0 Å². The fraction of sp³-hybridized carbons (Fsp3) is 0.111. The van der Waals surface area contributed by atoms with Gasteiger partial charge in [-0.15, -0.1) is 6.42 Å². The van der Waals surface area contributed by atoms with Crippen LogP contribution >= 0.6 is 0 Å². The quantitative estimate of drug-likeness (QED) is 0.510. The standard InChI is InChI=1S/C9H6N2O3/c1-2-5-13-7-3-4-8-9(6-7)11(12)14-10-8/h1,3-4,6H,5H2. The molecular formula is C9H6N2O3. The van der Waals surface area contributed by atoms with Gasteiger partial charge in [0.2, 0.25) is 11.0 Å². The van der Waals surface area contributed by atoms with Crippen LogP contribution in [0, 0.1) is 17.6 Å². The number of benzene rings is 1. The Labute approximate surface area is 79.4 Å². The minimum absolute atomic E-state index is 0.162. The van der Waals surface area contributed by atoms with Crippen molar-refractivity contribution in [2.75, 3.05) is 6.61 Å². The second kappa shape index (κ2) is 3.26. The smallest absolute Gasteiger partial charge is 0.248 e. The zero-order valence-electron chi connectivity index (χ0n) is 7.14. The second-order valence-electron chi connectivity index (χ2n) is 2.57. The summed E-state index contributed by atoms with van der Waals surface area (Å²) in [6.45, 7) is 0.162. The van der Waals surface area contributed by atoms with Crippen LogP contribution in [-0.4, -0.2) is 11.8 Å². The molecule has 1 heterocycles. The van der Waals surface area contributed by atoms with Crippen LogP contribution in [0.1, 0.15) is 0 Å². The molecule has 5 nitrogen and oxygen atoms in total. The molecule has 0 saturated carbocycles. The number of fused-ring (bicyclic) bond motifs is 1. The molecule has 0 bridgehead atoms. The molecule has 2 aromatic rings. The lowest BCUT2D eigenvalue weighted by atomic mass is 10.3. The third kappa shape index (κ3) is 1.33. The average molecular weight is 190 g/mol. The number of hydrogen-bond acceptors (Lipinski definition) is 4. The summed E-state index contributed by atoms with van der Waals surface area (Å²) < 4.78 is 9.52. The summed E-state index contributed by atoms with van der Waals surface area (Å²) >= 11 is 0. The summed E-state index contributed by atoms with van der Waals surface area (Å²) in [6, 6.07) is 4.82. The minimum Gasteiger partial charge on any atom is -0.481 e. The zero-order chi connectivity index (χ0) is 9.97. The maximum absolute atomic E-state index is 11.0. The molecule has 0 aliphatic heterocycles. The Morgan fingerprint density at radius 1 is 1.64 bits per heavy atom. The van der Waals surface area contributed by atoms with Gasteiger partial charge in [-0.25, -0.2) is 0 Å². The van der Waals surface area contributed by atoms with Gasteiger partial charge in [0.05, 0.1) is 0 Å².